The Morgan fingerprint density at radius 1 is 1.50 bits per heavy atom. The van der Waals surface area contributed by atoms with Gasteiger partial charge >= 0.3 is 0 Å². The smallest absolute Gasteiger partial charge is 0.0994 e. The van der Waals surface area contributed by atoms with Gasteiger partial charge in [-0.3, -0.25) is 0 Å². The number of aliphatic hydroxyl groups excluding tert-OH is 1. The molecule has 0 aromatic heterocycles. The van der Waals surface area contributed by atoms with Crippen LogP contribution in [-0.4, -0.2) is 24.8 Å². The van der Waals surface area contributed by atoms with E-state index in [2.05, 4.69) is 17.0 Å². The first-order valence-electron chi connectivity index (χ1n) is 6.61. The van der Waals surface area contributed by atoms with Gasteiger partial charge in [-0.05, 0) is 55.9 Å². The third-order valence-electron chi connectivity index (χ3n) is 3.75. The van der Waals surface area contributed by atoms with Gasteiger partial charge < -0.3 is 10.0 Å². The van der Waals surface area contributed by atoms with Gasteiger partial charge in [-0.2, -0.15) is 5.26 Å². The minimum absolute atomic E-state index is 0.283. The van der Waals surface area contributed by atoms with Crippen molar-refractivity contribution in [3.05, 3.63) is 29.3 Å². The Balaban J connectivity index is 2.11. The van der Waals surface area contributed by atoms with Crippen LogP contribution in [0.3, 0.4) is 0 Å². The first-order valence-corrected chi connectivity index (χ1v) is 6.61. The quantitative estimate of drug-likeness (QED) is 0.888. The molecule has 1 saturated heterocycles. The molecule has 0 bridgehead atoms. The van der Waals surface area contributed by atoms with E-state index in [4.69, 9.17) is 10.4 Å². The van der Waals surface area contributed by atoms with Crippen molar-refractivity contribution in [2.45, 2.75) is 26.2 Å². The molecule has 1 aliphatic heterocycles. The van der Waals surface area contributed by atoms with E-state index >= 15 is 0 Å². The summed E-state index contributed by atoms with van der Waals surface area (Å²) < 4.78 is 0. The van der Waals surface area contributed by atoms with E-state index in [1.165, 1.54) is 18.5 Å². The van der Waals surface area contributed by atoms with Crippen LogP contribution in [0.25, 0.3) is 0 Å². The van der Waals surface area contributed by atoms with Crippen molar-refractivity contribution in [2.24, 2.45) is 5.92 Å². The van der Waals surface area contributed by atoms with E-state index in [0.717, 1.165) is 30.6 Å². The van der Waals surface area contributed by atoms with Gasteiger partial charge in [0, 0.05) is 25.4 Å². The first kappa shape index (κ1) is 12.9. The summed E-state index contributed by atoms with van der Waals surface area (Å²) in [5, 5.41) is 18.0. The molecule has 1 heterocycles. The standard InChI is InChI=1S/C15H20N2O/c1-12-9-15(5-4-14(12)10-16)17-7-2-3-13(11-17)6-8-18/h4-5,9,13,18H,2-3,6-8,11H2,1H3. The zero-order chi connectivity index (χ0) is 13.0. The third kappa shape index (κ3) is 2.83. The van der Waals surface area contributed by atoms with Gasteiger partial charge in [0.05, 0.1) is 11.6 Å². The lowest BCUT2D eigenvalue weighted by atomic mass is 9.94. The zero-order valence-corrected chi connectivity index (χ0v) is 10.9. The summed E-state index contributed by atoms with van der Waals surface area (Å²) in [5.74, 6) is 0.597. The molecule has 1 aromatic rings. The van der Waals surface area contributed by atoms with Crippen LogP contribution in [0.5, 0.6) is 0 Å². The Labute approximate surface area is 109 Å². The van der Waals surface area contributed by atoms with Crippen molar-refractivity contribution < 1.29 is 5.11 Å². The molecule has 3 nitrogen and oxygen atoms in total. The molecule has 0 spiro atoms. The molecule has 0 radical (unpaired) electrons. The molecular weight excluding hydrogens is 224 g/mol. The summed E-state index contributed by atoms with van der Waals surface area (Å²) in [6.07, 6.45) is 3.29. The maximum Gasteiger partial charge on any atom is 0.0994 e. The van der Waals surface area contributed by atoms with Gasteiger partial charge in [0.25, 0.3) is 0 Å². The molecule has 2 rings (SSSR count). The lowest BCUT2D eigenvalue weighted by Crippen LogP contribution is -2.35. The van der Waals surface area contributed by atoms with E-state index in [0.29, 0.717) is 5.92 Å². The highest BCUT2D eigenvalue weighted by atomic mass is 16.3. The summed E-state index contributed by atoms with van der Waals surface area (Å²) in [5.41, 5.74) is 3.00. The van der Waals surface area contributed by atoms with Gasteiger partial charge in [0.1, 0.15) is 0 Å². The van der Waals surface area contributed by atoms with Crippen molar-refractivity contribution in [1.29, 1.82) is 5.26 Å². The molecule has 96 valence electrons. The molecule has 1 fully saturated rings. The normalized spacial score (nSPS) is 19.6. The Morgan fingerprint density at radius 3 is 3.00 bits per heavy atom. The van der Waals surface area contributed by atoms with Crippen LogP contribution in [0.4, 0.5) is 5.69 Å². The lowest BCUT2D eigenvalue weighted by Gasteiger charge is -2.34. The van der Waals surface area contributed by atoms with Crippen LogP contribution in [0.2, 0.25) is 0 Å². The Bertz CT molecular complexity index is 448. The van der Waals surface area contributed by atoms with Crippen molar-refractivity contribution >= 4 is 5.69 Å². The second kappa shape index (κ2) is 5.88. The van der Waals surface area contributed by atoms with Gasteiger partial charge in [0.15, 0.2) is 0 Å². The number of aryl methyl sites for hydroxylation is 1. The van der Waals surface area contributed by atoms with Crippen molar-refractivity contribution in [2.75, 3.05) is 24.6 Å². The van der Waals surface area contributed by atoms with Crippen LogP contribution in [0, 0.1) is 24.2 Å². The Kier molecular flexibility index (Phi) is 4.22. The summed E-state index contributed by atoms with van der Waals surface area (Å²) in [7, 11) is 0. The lowest BCUT2D eigenvalue weighted by molar-refractivity contribution is 0.244. The highest BCUT2D eigenvalue weighted by molar-refractivity contribution is 5.53. The maximum atomic E-state index is 9.03. The second-order valence-electron chi connectivity index (χ2n) is 5.08. The van der Waals surface area contributed by atoms with Gasteiger partial charge in [-0.15, -0.1) is 0 Å². The van der Waals surface area contributed by atoms with E-state index in [1.807, 2.05) is 19.1 Å². The highest BCUT2D eigenvalue weighted by Crippen LogP contribution is 2.26. The summed E-state index contributed by atoms with van der Waals surface area (Å²) >= 11 is 0. The Hall–Kier alpha value is -1.53. The van der Waals surface area contributed by atoms with Crippen molar-refractivity contribution in [3.63, 3.8) is 0 Å². The minimum atomic E-state index is 0.283. The molecule has 18 heavy (non-hydrogen) atoms. The molecule has 0 saturated carbocycles. The van der Waals surface area contributed by atoms with Gasteiger partial charge in [-0.1, -0.05) is 0 Å². The third-order valence-corrected chi connectivity index (χ3v) is 3.75. The molecule has 1 N–H and O–H groups in total. The highest BCUT2D eigenvalue weighted by Gasteiger charge is 2.19. The summed E-state index contributed by atoms with van der Waals surface area (Å²) in [6.45, 7) is 4.36. The molecule has 1 unspecified atom stereocenters. The monoisotopic (exact) mass is 244 g/mol. The molecule has 0 aliphatic carbocycles. The fourth-order valence-corrected chi connectivity index (χ4v) is 2.69. The molecule has 1 aromatic carbocycles. The molecule has 3 heteroatoms. The van der Waals surface area contributed by atoms with E-state index in [1.54, 1.807) is 0 Å². The van der Waals surface area contributed by atoms with E-state index in [-0.39, 0.29) is 6.61 Å². The SMILES string of the molecule is Cc1cc(N2CCCC(CCO)C2)ccc1C#N. The topological polar surface area (TPSA) is 47.3 Å². The fraction of sp³-hybridized carbons (Fsp3) is 0.533. The number of hydrogen-bond donors (Lipinski definition) is 1. The number of nitrogens with zero attached hydrogens (tertiary/aromatic N) is 2. The first-order chi connectivity index (χ1) is 8.74. The van der Waals surface area contributed by atoms with Crippen LogP contribution in [0.15, 0.2) is 18.2 Å². The molecule has 1 aliphatic rings. The van der Waals surface area contributed by atoms with Crippen LogP contribution >= 0.6 is 0 Å². The number of piperidine rings is 1. The Morgan fingerprint density at radius 2 is 2.33 bits per heavy atom. The van der Waals surface area contributed by atoms with Crippen LogP contribution < -0.4 is 4.90 Å². The van der Waals surface area contributed by atoms with E-state index < -0.39 is 0 Å². The minimum Gasteiger partial charge on any atom is -0.396 e. The second-order valence-corrected chi connectivity index (χ2v) is 5.08. The number of hydrogen-bond acceptors (Lipinski definition) is 3. The number of aliphatic hydroxyl groups is 1. The van der Waals surface area contributed by atoms with Gasteiger partial charge in [0.2, 0.25) is 0 Å². The fourth-order valence-electron chi connectivity index (χ4n) is 2.69. The molecular formula is C15H20N2O. The number of nitriles is 1. The molecule has 1 atom stereocenters. The summed E-state index contributed by atoms with van der Waals surface area (Å²) in [4.78, 5) is 2.37. The number of anilines is 1. The molecule has 0 amide bonds. The number of benzene rings is 1. The van der Waals surface area contributed by atoms with E-state index in [9.17, 15) is 0 Å². The van der Waals surface area contributed by atoms with Crippen LogP contribution in [0.1, 0.15) is 30.4 Å². The maximum absolute atomic E-state index is 9.03. The number of rotatable bonds is 3. The van der Waals surface area contributed by atoms with Crippen LogP contribution in [-0.2, 0) is 0 Å². The average Bonchev–Trinajstić information content (AvgIpc) is 2.39. The predicted octanol–water partition coefficient (Wildman–Crippen LogP) is 2.47. The van der Waals surface area contributed by atoms with Gasteiger partial charge in [-0.25, -0.2) is 0 Å². The largest absolute Gasteiger partial charge is 0.396 e. The predicted molar refractivity (Wildman–Crippen MR) is 72.5 cm³/mol. The summed E-state index contributed by atoms with van der Waals surface area (Å²) in [6, 6.07) is 8.24. The van der Waals surface area contributed by atoms with Crippen molar-refractivity contribution in [1.82, 2.24) is 0 Å². The zero-order valence-electron chi connectivity index (χ0n) is 10.9. The van der Waals surface area contributed by atoms with Crippen molar-refractivity contribution in [3.8, 4) is 6.07 Å². The average molecular weight is 244 g/mol.